The van der Waals surface area contributed by atoms with Crippen molar-refractivity contribution in [1.29, 1.82) is 0 Å². The van der Waals surface area contributed by atoms with Gasteiger partial charge in [0.1, 0.15) is 0 Å². The normalized spacial score (nSPS) is 15.6. The van der Waals surface area contributed by atoms with Crippen molar-refractivity contribution < 1.29 is 9.59 Å². The van der Waals surface area contributed by atoms with E-state index in [1.165, 1.54) is 0 Å². The van der Waals surface area contributed by atoms with Gasteiger partial charge in [0.05, 0.1) is 0 Å². The molecule has 1 saturated heterocycles. The number of hydrogen-bond acceptors (Lipinski definition) is 3. The van der Waals surface area contributed by atoms with Crippen LogP contribution in [0.4, 0.5) is 5.69 Å². The van der Waals surface area contributed by atoms with Crippen molar-refractivity contribution in [2.45, 2.75) is 40.7 Å². The maximum Gasteiger partial charge on any atom is 0.251 e. The molecule has 0 saturated carbocycles. The quantitative estimate of drug-likeness (QED) is 0.926. The fourth-order valence-electron chi connectivity index (χ4n) is 2.81. The summed E-state index contributed by atoms with van der Waals surface area (Å²) in [5, 5.41) is 2.89. The van der Waals surface area contributed by atoms with Crippen molar-refractivity contribution in [2.24, 2.45) is 5.41 Å². The smallest absolute Gasteiger partial charge is 0.251 e. The molecule has 0 radical (unpaired) electrons. The Bertz CT molecular complexity index is 580. The Morgan fingerprint density at radius 3 is 2.00 bits per heavy atom. The zero-order valence-electron chi connectivity index (χ0n) is 15.4. The average Bonchev–Trinajstić information content (AvgIpc) is 2.53. The zero-order chi connectivity index (χ0) is 17.9. The number of piperazine rings is 1. The molecule has 1 heterocycles. The Labute approximate surface area is 145 Å². The number of carbonyl (C=O) groups excluding carboxylic acids is 2. The van der Waals surface area contributed by atoms with Gasteiger partial charge in [-0.05, 0) is 38.1 Å². The van der Waals surface area contributed by atoms with E-state index in [2.05, 4.69) is 10.2 Å². The van der Waals surface area contributed by atoms with Crippen LogP contribution in [-0.2, 0) is 4.79 Å². The van der Waals surface area contributed by atoms with E-state index in [9.17, 15) is 9.59 Å². The number of rotatable bonds is 3. The van der Waals surface area contributed by atoms with Gasteiger partial charge < -0.3 is 15.1 Å². The third-order valence-corrected chi connectivity index (χ3v) is 4.12. The summed E-state index contributed by atoms with van der Waals surface area (Å²) in [4.78, 5) is 28.5. The summed E-state index contributed by atoms with van der Waals surface area (Å²) in [6.45, 7) is 12.9. The molecule has 1 aliphatic rings. The minimum atomic E-state index is -0.326. The molecule has 5 heteroatoms. The molecule has 1 N–H and O–H groups in total. The Balaban J connectivity index is 1.95. The zero-order valence-corrected chi connectivity index (χ0v) is 15.4. The summed E-state index contributed by atoms with van der Waals surface area (Å²) >= 11 is 0. The van der Waals surface area contributed by atoms with Gasteiger partial charge >= 0.3 is 0 Å². The summed E-state index contributed by atoms with van der Waals surface area (Å²) in [6.07, 6.45) is 0. The first-order chi connectivity index (χ1) is 11.2. The summed E-state index contributed by atoms with van der Waals surface area (Å²) < 4.78 is 0. The van der Waals surface area contributed by atoms with E-state index in [4.69, 9.17) is 0 Å². The van der Waals surface area contributed by atoms with Gasteiger partial charge in [-0.3, -0.25) is 9.59 Å². The van der Waals surface area contributed by atoms with Crippen molar-refractivity contribution >= 4 is 17.5 Å². The van der Waals surface area contributed by atoms with Gasteiger partial charge in [0, 0.05) is 48.9 Å². The minimum Gasteiger partial charge on any atom is -0.368 e. The Morgan fingerprint density at radius 2 is 1.54 bits per heavy atom. The molecule has 24 heavy (non-hydrogen) atoms. The highest BCUT2D eigenvalue weighted by Gasteiger charge is 2.29. The maximum atomic E-state index is 12.3. The minimum absolute atomic E-state index is 0.0443. The Morgan fingerprint density at radius 1 is 1.00 bits per heavy atom. The molecule has 1 aliphatic heterocycles. The van der Waals surface area contributed by atoms with E-state index < -0.39 is 0 Å². The first kappa shape index (κ1) is 18.3. The largest absolute Gasteiger partial charge is 0.368 e. The molecular weight excluding hydrogens is 302 g/mol. The predicted molar refractivity (Wildman–Crippen MR) is 97.3 cm³/mol. The van der Waals surface area contributed by atoms with Gasteiger partial charge in [-0.1, -0.05) is 20.8 Å². The lowest BCUT2D eigenvalue weighted by Crippen LogP contribution is -2.51. The molecule has 0 atom stereocenters. The molecule has 2 amide bonds. The van der Waals surface area contributed by atoms with Crippen LogP contribution in [0.25, 0.3) is 0 Å². The van der Waals surface area contributed by atoms with Gasteiger partial charge in [0.15, 0.2) is 0 Å². The molecule has 0 aromatic heterocycles. The number of hydrogen-bond donors (Lipinski definition) is 1. The second kappa shape index (κ2) is 7.24. The number of nitrogens with zero attached hydrogens (tertiary/aromatic N) is 2. The standard InChI is InChI=1S/C19H29N3O2/c1-14(2)20-17(23)15-6-8-16(9-7-15)21-10-12-22(13-11-21)18(24)19(3,4)5/h6-9,14H,10-13H2,1-5H3,(H,20,23). The third kappa shape index (κ3) is 4.49. The molecule has 0 bridgehead atoms. The fraction of sp³-hybridized carbons (Fsp3) is 0.579. The fourth-order valence-corrected chi connectivity index (χ4v) is 2.81. The van der Waals surface area contributed by atoms with Gasteiger partial charge in [0.2, 0.25) is 5.91 Å². The molecule has 0 unspecified atom stereocenters. The van der Waals surface area contributed by atoms with Crippen LogP contribution in [0.5, 0.6) is 0 Å². The number of carbonyl (C=O) groups is 2. The molecular formula is C19H29N3O2. The molecule has 5 nitrogen and oxygen atoms in total. The topological polar surface area (TPSA) is 52.7 Å². The molecule has 1 aromatic carbocycles. The van der Waals surface area contributed by atoms with Gasteiger partial charge in [-0.2, -0.15) is 0 Å². The highest BCUT2D eigenvalue weighted by atomic mass is 16.2. The number of nitrogens with one attached hydrogen (secondary N) is 1. The molecule has 0 aliphatic carbocycles. The van der Waals surface area contributed by atoms with Crippen molar-refractivity contribution in [3.63, 3.8) is 0 Å². The van der Waals surface area contributed by atoms with E-state index in [1.54, 1.807) is 0 Å². The molecule has 132 valence electrons. The van der Waals surface area contributed by atoms with E-state index >= 15 is 0 Å². The van der Waals surface area contributed by atoms with Crippen molar-refractivity contribution in [3.8, 4) is 0 Å². The Kier molecular flexibility index (Phi) is 5.52. The number of benzene rings is 1. The monoisotopic (exact) mass is 331 g/mol. The summed E-state index contributed by atoms with van der Waals surface area (Å²) in [6, 6.07) is 7.82. The van der Waals surface area contributed by atoms with Crippen LogP contribution in [0, 0.1) is 5.41 Å². The van der Waals surface area contributed by atoms with Crippen LogP contribution in [0.15, 0.2) is 24.3 Å². The van der Waals surface area contributed by atoms with Crippen molar-refractivity contribution in [2.75, 3.05) is 31.1 Å². The van der Waals surface area contributed by atoms with Crippen LogP contribution < -0.4 is 10.2 Å². The SMILES string of the molecule is CC(C)NC(=O)c1ccc(N2CCN(C(=O)C(C)(C)C)CC2)cc1. The van der Waals surface area contributed by atoms with Crippen LogP contribution in [0.1, 0.15) is 45.0 Å². The van der Waals surface area contributed by atoms with Crippen molar-refractivity contribution in [3.05, 3.63) is 29.8 Å². The maximum absolute atomic E-state index is 12.3. The van der Waals surface area contributed by atoms with Crippen LogP contribution in [-0.4, -0.2) is 48.9 Å². The molecule has 1 aromatic rings. The highest BCUT2D eigenvalue weighted by Crippen LogP contribution is 2.21. The van der Waals surface area contributed by atoms with E-state index in [1.807, 2.05) is 63.8 Å². The first-order valence-corrected chi connectivity index (χ1v) is 8.64. The summed E-state index contributed by atoms with van der Waals surface area (Å²) in [5.41, 5.74) is 1.45. The summed E-state index contributed by atoms with van der Waals surface area (Å²) in [7, 11) is 0. The third-order valence-electron chi connectivity index (χ3n) is 4.12. The molecule has 0 spiro atoms. The average molecular weight is 331 g/mol. The molecule has 1 fully saturated rings. The second-order valence-electron chi connectivity index (χ2n) is 7.70. The van der Waals surface area contributed by atoms with E-state index in [-0.39, 0.29) is 23.3 Å². The first-order valence-electron chi connectivity index (χ1n) is 8.64. The number of amides is 2. The van der Waals surface area contributed by atoms with Gasteiger partial charge in [-0.15, -0.1) is 0 Å². The van der Waals surface area contributed by atoms with Crippen LogP contribution >= 0.6 is 0 Å². The lowest BCUT2D eigenvalue weighted by atomic mass is 9.94. The van der Waals surface area contributed by atoms with Gasteiger partial charge in [0.25, 0.3) is 5.91 Å². The predicted octanol–water partition coefficient (Wildman–Crippen LogP) is 2.52. The highest BCUT2D eigenvalue weighted by molar-refractivity contribution is 5.94. The van der Waals surface area contributed by atoms with Crippen LogP contribution in [0.2, 0.25) is 0 Å². The van der Waals surface area contributed by atoms with Crippen LogP contribution in [0.3, 0.4) is 0 Å². The van der Waals surface area contributed by atoms with E-state index in [0.717, 1.165) is 31.9 Å². The second-order valence-corrected chi connectivity index (χ2v) is 7.70. The number of anilines is 1. The van der Waals surface area contributed by atoms with E-state index in [0.29, 0.717) is 5.56 Å². The lowest BCUT2D eigenvalue weighted by molar-refractivity contribution is -0.139. The van der Waals surface area contributed by atoms with Crippen molar-refractivity contribution in [1.82, 2.24) is 10.2 Å². The molecule has 2 rings (SSSR count). The summed E-state index contributed by atoms with van der Waals surface area (Å²) in [5.74, 6) is 0.167. The lowest BCUT2D eigenvalue weighted by Gasteiger charge is -2.38. The van der Waals surface area contributed by atoms with Gasteiger partial charge in [-0.25, -0.2) is 0 Å². The Hall–Kier alpha value is -2.04.